The fraction of sp³-hybridized carbons (Fsp3) is 0.273. The fourth-order valence-electron chi connectivity index (χ4n) is 2.88. The maximum absolute atomic E-state index is 13.6. The minimum atomic E-state index is -1.03. The van der Waals surface area contributed by atoms with E-state index in [0.717, 1.165) is 0 Å². The number of nitrogens with zero attached hydrogens (tertiary/aromatic N) is 1. The molecule has 2 aromatic carbocycles. The van der Waals surface area contributed by atoms with Crippen molar-refractivity contribution in [1.82, 2.24) is 9.97 Å². The molecule has 1 aromatic heterocycles. The van der Waals surface area contributed by atoms with Gasteiger partial charge < -0.3 is 15.0 Å². The van der Waals surface area contributed by atoms with E-state index >= 15 is 0 Å². The third-order valence-corrected chi connectivity index (χ3v) is 4.57. The molecular weight excluding hydrogens is 389 g/mol. The molecule has 1 unspecified atom stereocenters. The van der Waals surface area contributed by atoms with Gasteiger partial charge in [-0.25, -0.2) is 9.37 Å². The molecule has 0 spiro atoms. The van der Waals surface area contributed by atoms with Gasteiger partial charge in [0.15, 0.2) is 6.10 Å². The number of H-pyrrole nitrogens is 1. The lowest BCUT2D eigenvalue weighted by atomic mass is 10.2. The number of halogens is 1. The normalized spacial score (nSPS) is 11.8. The molecule has 0 fully saturated rings. The first-order valence-corrected chi connectivity index (χ1v) is 9.58. The van der Waals surface area contributed by atoms with Crippen LogP contribution < -0.4 is 10.9 Å². The first-order chi connectivity index (χ1) is 14.3. The van der Waals surface area contributed by atoms with Crippen molar-refractivity contribution in [3.05, 3.63) is 70.0 Å². The smallest absolute Gasteiger partial charge is 0.306 e. The number of ether oxygens (including phenoxy) is 1. The highest BCUT2D eigenvalue weighted by Crippen LogP contribution is 2.14. The molecule has 7 nitrogen and oxygen atoms in total. The molecule has 2 N–H and O–H groups in total. The van der Waals surface area contributed by atoms with Gasteiger partial charge >= 0.3 is 5.97 Å². The van der Waals surface area contributed by atoms with E-state index in [-0.39, 0.29) is 17.7 Å². The van der Waals surface area contributed by atoms with Gasteiger partial charge in [-0.2, -0.15) is 0 Å². The minimum absolute atomic E-state index is 0.0628. The Morgan fingerprint density at radius 3 is 2.77 bits per heavy atom. The minimum Gasteiger partial charge on any atom is -0.453 e. The zero-order chi connectivity index (χ0) is 21.7. The van der Waals surface area contributed by atoms with E-state index in [1.165, 1.54) is 13.0 Å². The van der Waals surface area contributed by atoms with Gasteiger partial charge in [0.25, 0.3) is 11.5 Å². The third kappa shape index (κ3) is 5.28. The molecule has 3 aromatic rings. The van der Waals surface area contributed by atoms with E-state index < -0.39 is 23.8 Å². The number of aromatic amines is 1. The molecule has 1 atom stereocenters. The largest absolute Gasteiger partial charge is 0.453 e. The Balaban J connectivity index is 1.48. The molecule has 0 aliphatic carbocycles. The van der Waals surface area contributed by atoms with E-state index in [0.29, 0.717) is 35.1 Å². The molecule has 0 saturated carbocycles. The number of anilines is 1. The summed E-state index contributed by atoms with van der Waals surface area (Å²) < 4.78 is 18.7. The molecule has 1 heterocycles. The lowest BCUT2D eigenvalue weighted by Gasteiger charge is -2.14. The molecule has 8 heteroatoms. The summed E-state index contributed by atoms with van der Waals surface area (Å²) in [6.45, 7) is 3.06. The highest BCUT2D eigenvalue weighted by atomic mass is 19.1. The summed E-state index contributed by atoms with van der Waals surface area (Å²) in [5, 5.41) is 3.02. The lowest BCUT2D eigenvalue weighted by Crippen LogP contribution is -2.30. The maximum Gasteiger partial charge on any atom is 0.306 e. The number of nitrogens with one attached hydrogen (secondary N) is 2. The summed E-state index contributed by atoms with van der Waals surface area (Å²) in [5.41, 5.74) is 1.12. The van der Waals surface area contributed by atoms with Crippen LogP contribution in [-0.2, 0) is 20.7 Å². The van der Waals surface area contributed by atoms with Gasteiger partial charge in [-0.3, -0.25) is 14.4 Å². The van der Waals surface area contributed by atoms with E-state index in [9.17, 15) is 18.8 Å². The van der Waals surface area contributed by atoms with Crippen molar-refractivity contribution in [2.45, 2.75) is 39.2 Å². The molecule has 30 heavy (non-hydrogen) atoms. The van der Waals surface area contributed by atoms with Crippen LogP contribution in [0.15, 0.2) is 47.3 Å². The van der Waals surface area contributed by atoms with Crippen molar-refractivity contribution in [3.8, 4) is 0 Å². The van der Waals surface area contributed by atoms with Crippen LogP contribution in [0.4, 0.5) is 10.1 Å². The summed E-state index contributed by atoms with van der Waals surface area (Å²) >= 11 is 0. The van der Waals surface area contributed by atoms with E-state index in [2.05, 4.69) is 15.3 Å². The molecule has 0 bridgehead atoms. The van der Waals surface area contributed by atoms with Crippen molar-refractivity contribution < 1.29 is 18.7 Å². The standard InChI is InChI=1S/C22H22FN3O4/c1-13-10-11-15(12-17(13)23)24-21(28)14(2)30-20(27)9-5-8-19-25-18-7-4-3-6-16(18)22(29)26-19/h3-4,6-7,10-12,14H,5,8-9H2,1-2H3,(H,24,28)(H,25,26,29). The average molecular weight is 411 g/mol. The summed E-state index contributed by atoms with van der Waals surface area (Å²) in [6.07, 6.45) is -0.177. The first-order valence-electron chi connectivity index (χ1n) is 9.58. The Morgan fingerprint density at radius 1 is 1.23 bits per heavy atom. The Labute approximate surface area is 172 Å². The van der Waals surface area contributed by atoms with Gasteiger partial charge in [-0.1, -0.05) is 18.2 Å². The summed E-state index contributed by atoms with van der Waals surface area (Å²) in [4.78, 5) is 43.3. The van der Waals surface area contributed by atoms with Crippen molar-refractivity contribution in [1.29, 1.82) is 0 Å². The summed E-state index contributed by atoms with van der Waals surface area (Å²) in [6, 6.07) is 11.3. The van der Waals surface area contributed by atoms with Crippen LogP contribution in [0.3, 0.4) is 0 Å². The molecular formula is C22H22FN3O4. The van der Waals surface area contributed by atoms with Crippen LogP contribution in [-0.4, -0.2) is 27.9 Å². The highest BCUT2D eigenvalue weighted by molar-refractivity contribution is 5.95. The maximum atomic E-state index is 13.6. The van der Waals surface area contributed by atoms with Gasteiger partial charge in [0, 0.05) is 18.5 Å². The monoisotopic (exact) mass is 411 g/mol. The van der Waals surface area contributed by atoms with Crippen LogP contribution in [0.5, 0.6) is 0 Å². The van der Waals surface area contributed by atoms with E-state index in [4.69, 9.17) is 4.74 Å². The van der Waals surface area contributed by atoms with Crippen molar-refractivity contribution in [3.63, 3.8) is 0 Å². The molecule has 0 saturated heterocycles. The number of hydrogen-bond acceptors (Lipinski definition) is 5. The van der Waals surface area contributed by atoms with Crippen LogP contribution in [0.25, 0.3) is 10.9 Å². The summed E-state index contributed by atoms with van der Waals surface area (Å²) in [5.74, 6) is -1.04. The van der Waals surface area contributed by atoms with Crippen LogP contribution >= 0.6 is 0 Å². The Hall–Kier alpha value is -3.55. The van der Waals surface area contributed by atoms with Crippen LogP contribution in [0.2, 0.25) is 0 Å². The number of benzene rings is 2. The number of aromatic nitrogens is 2. The van der Waals surface area contributed by atoms with Crippen molar-refractivity contribution in [2.24, 2.45) is 0 Å². The van der Waals surface area contributed by atoms with Gasteiger partial charge in [0.05, 0.1) is 10.9 Å². The number of fused-ring (bicyclic) bond motifs is 1. The van der Waals surface area contributed by atoms with Gasteiger partial charge in [0.2, 0.25) is 0 Å². The number of amides is 1. The number of aryl methyl sites for hydroxylation is 2. The van der Waals surface area contributed by atoms with Crippen LogP contribution in [0, 0.1) is 12.7 Å². The second-order valence-corrected chi connectivity index (χ2v) is 6.97. The van der Waals surface area contributed by atoms with E-state index in [1.807, 2.05) is 0 Å². The second-order valence-electron chi connectivity index (χ2n) is 6.97. The molecule has 0 radical (unpaired) electrons. The number of para-hydroxylation sites is 1. The van der Waals surface area contributed by atoms with Gasteiger partial charge in [-0.05, 0) is 50.1 Å². The van der Waals surface area contributed by atoms with Gasteiger partial charge in [0.1, 0.15) is 11.6 Å². The molecule has 0 aliphatic heterocycles. The Bertz CT molecular complexity index is 1140. The number of carbonyl (C=O) groups is 2. The SMILES string of the molecule is Cc1ccc(NC(=O)C(C)OC(=O)CCCc2nc3ccccc3c(=O)[nH]2)cc1F. The molecule has 3 rings (SSSR count). The lowest BCUT2D eigenvalue weighted by molar-refractivity contribution is -0.153. The quantitative estimate of drug-likeness (QED) is 0.581. The zero-order valence-corrected chi connectivity index (χ0v) is 16.7. The predicted molar refractivity (Wildman–Crippen MR) is 111 cm³/mol. The first kappa shape index (κ1) is 21.2. The summed E-state index contributed by atoms with van der Waals surface area (Å²) in [7, 11) is 0. The van der Waals surface area contributed by atoms with Gasteiger partial charge in [-0.15, -0.1) is 0 Å². The number of esters is 1. The number of carbonyl (C=O) groups excluding carboxylic acids is 2. The number of rotatable bonds is 7. The van der Waals surface area contributed by atoms with Crippen LogP contribution in [0.1, 0.15) is 31.2 Å². The Morgan fingerprint density at radius 2 is 2.00 bits per heavy atom. The molecule has 1 amide bonds. The van der Waals surface area contributed by atoms with Crippen molar-refractivity contribution >= 4 is 28.5 Å². The predicted octanol–water partition coefficient (Wildman–Crippen LogP) is 3.26. The topological polar surface area (TPSA) is 101 Å². The number of hydrogen-bond donors (Lipinski definition) is 2. The Kier molecular flexibility index (Phi) is 6.56. The fourth-order valence-corrected chi connectivity index (χ4v) is 2.88. The molecule has 156 valence electrons. The highest BCUT2D eigenvalue weighted by Gasteiger charge is 2.18. The zero-order valence-electron chi connectivity index (χ0n) is 16.7. The van der Waals surface area contributed by atoms with E-state index in [1.54, 1.807) is 43.3 Å². The molecule has 0 aliphatic rings. The third-order valence-electron chi connectivity index (χ3n) is 4.57. The van der Waals surface area contributed by atoms with Crippen molar-refractivity contribution in [2.75, 3.05) is 5.32 Å². The second kappa shape index (κ2) is 9.30. The average Bonchev–Trinajstić information content (AvgIpc) is 2.70.